The van der Waals surface area contributed by atoms with E-state index in [-0.39, 0.29) is 24.1 Å². The van der Waals surface area contributed by atoms with Crippen molar-refractivity contribution in [1.82, 2.24) is 19.6 Å². The number of nitrogens with zero attached hydrogens (tertiary/aromatic N) is 4. The molecule has 2 heterocycles. The minimum Gasteiger partial charge on any atom is -0.339 e. The number of hydrogen-bond donors (Lipinski definition) is 1. The Morgan fingerprint density at radius 1 is 1.22 bits per heavy atom. The van der Waals surface area contributed by atoms with Crippen LogP contribution in [0.3, 0.4) is 0 Å². The van der Waals surface area contributed by atoms with Crippen LogP contribution in [0.5, 0.6) is 0 Å². The Kier molecular flexibility index (Phi) is 6.71. The summed E-state index contributed by atoms with van der Waals surface area (Å²) in [5.41, 5.74) is 1.45. The van der Waals surface area contributed by atoms with Crippen molar-refractivity contribution in [1.29, 1.82) is 0 Å². The van der Waals surface area contributed by atoms with Crippen molar-refractivity contribution in [2.75, 3.05) is 18.4 Å². The highest BCUT2D eigenvalue weighted by Gasteiger charge is 2.48. The number of rotatable bonds is 6. The number of carbonyl (C=O) groups is 3. The summed E-state index contributed by atoms with van der Waals surface area (Å²) in [4.78, 5) is 42.5. The lowest BCUT2D eigenvalue weighted by Gasteiger charge is -2.38. The fourth-order valence-electron chi connectivity index (χ4n) is 4.39. The highest BCUT2D eigenvalue weighted by Crippen LogP contribution is 2.42. The van der Waals surface area contributed by atoms with E-state index >= 15 is 0 Å². The standard InChI is InChI=1S/C24H33N5O3/c1-7-28(8-2)23(32)16-10-9-11-18(12-16)26-22(31)19-13-20(30)29(24(3,4)5)21(19)17-14-25-27(6)15-17/h9-12,14-15,19,21H,7-8,13H2,1-6H3,(H,26,31)/t19-,21-/m0/s1. The van der Waals surface area contributed by atoms with Crippen molar-refractivity contribution in [2.24, 2.45) is 13.0 Å². The van der Waals surface area contributed by atoms with Crippen LogP contribution in [0.2, 0.25) is 0 Å². The summed E-state index contributed by atoms with van der Waals surface area (Å²) in [7, 11) is 1.81. The van der Waals surface area contributed by atoms with Crippen LogP contribution in [0, 0.1) is 5.92 Å². The van der Waals surface area contributed by atoms with Crippen molar-refractivity contribution in [3.8, 4) is 0 Å². The molecule has 0 spiro atoms. The van der Waals surface area contributed by atoms with Gasteiger partial charge in [-0.05, 0) is 52.8 Å². The first-order valence-electron chi connectivity index (χ1n) is 11.1. The zero-order chi connectivity index (χ0) is 23.6. The van der Waals surface area contributed by atoms with Crippen LogP contribution in [0.15, 0.2) is 36.7 Å². The number of nitrogens with one attached hydrogen (secondary N) is 1. The molecule has 172 valence electrons. The van der Waals surface area contributed by atoms with Crippen LogP contribution in [0.1, 0.15) is 63.0 Å². The van der Waals surface area contributed by atoms with Gasteiger partial charge in [-0.1, -0.05) is 6.07 Å². The Bertz CT molecular complexity index is 1000. The molecule has 1 saturated heterocycles. The smallest absolute Gasteiger partial charge is 0.253 e. The molecule has 1 aliphatic rings. The van der Waals surface area contributed by atoms with Crippen molar-refractivity contribution < 1.29 is 14.4 Å². The van der Waals surface area contributed by atoms with Gasteiger partial charge in [-0.2, -0.15) is 5.10 Å². The molecule has 0 unspecified atom stereocenters. The van der Waals surface area contributed by atoms with Crippen LogP contribution in [0.4, 0.5) is 5.69 Å². The predicted molar refractivity (Wildman–Crippen MR) is 123 cm³/mol. The van der Waals surface area contributed by atoms with Gasteiger partial charge in [0.25, 0.3) is 5.91 Å². The number of amides is 3. The van der Waals surface area contributed by atoms with Crippen molar-refractivity contribution >= 4 is 23.4 Å². The number of likely N-dealkylation sites (tertiary alicyclic amines) is 1. The van der Waals surface area contributed by atoms with Crippen molar-refractivity contribution in [2.45, 2.75) is 52.6 Å². The average molecular weight is 440 g/mol. The molecule has 1 aliphatic heterocycles. The Labute approximate surface area is 189 Å². The van der Waals surface area contributed by atoms with Crippen LogP contribution in [0.25, 0.3) is 0 Å². The second-order valence-electron chi connectivity index (χ2n) is 9.18. The fourth-order valence-corrected chi connectivity index (χ4v) is 4.39. The average Bonchev–Trinajstić information content (AvgIpc) is 3.31. The molecular formula is C24H33N5O3. The first-order valence-corrected chi connectivity index (χ1v) is 11.1. The quantitative estimate of drug-likeness (QED) is 0.749. The van der Waals surface area contributed by atoms with E-state index in [0.29, 0.717) is 24.3 Å². The molecule has 3 amide bonds. The summed E-state index contributed by atoms with van der Waals surface area (Å²) in [6.07, 6.45) is 3.69. The largest absolute Gasteiger partial charge is 0.339 e. The lowest BCUT2D eigenvalue weighted by Crippen LogP contribution is -2.44. The zero-order valence-electron chi connectivity index (χ0n) is 19.8. The van der Waals surface area contributed by atoms with Crippen LogP contribution >= 0.6 is 0 Å². The van der Waals surface area contributed by atoms with E-state index in [2.05, 4.69) is 10.4 Å². The summed E-state index contributed by atoms with van der Waals surface area (Å²) in [5.74, 6) is -0.939. The van der Waals surface area contributed by atoms with E-state index in [1.807, 2.05) is 47.9 Å². The molecule has 3 rings (SSSR count). The summed E-state index contributed by atoms with van der Waals surface area (Å²) in [6.45, 7) is 11.0. The predicted octanol–water partition coefficient (Wildman–Crippen LogP) is 3.23. The van der Waals surface area contributed by atoms with Gasteiger partial charge in [-0.15, -0.1) is 0 Å². The summed E-state index contributed by atoms with van der Waals surface area (Å²) in [5, 5.41) is 7.19. The minimum atomic E-state index is -0.562. The Balaban J connectivity index is 1.87. The maximum atomic E-state index is 13.3. The van der Waals surface area contributed by atoms with Gasteiger partial charge in [-0.3, -0.25) is 19.1 Å². The van der Waals surface area contributed by atoms with Crippen molar-refractivity contribution in [3.63, 3.8) is 0 Å². The summed E-state index contributed by atoms with van der Waals surface area (Å²) >= 11 is 0. The molecule has 2 aromatic rings. The Morgan fingerprint density at radius 3 is 2.47 bits per heavy atom. The van der Waals surface area contributed by atoms with Crippen LogP contribution < -0.4 is 5.32 Å². The molecule has 32 heavy (non-hydrogen) atoms. The number of benzene rings is 1. The van der Waals surface area contributed by atoms with Gasteiger partial charge in [0.1, 0.15) is 0 Å². The first-order chi connectivity index (χ1) is 15.1. The molecule has 2 atom stereocenters. The van der Waals surface area contributed by atoms with E-state index in [9.17, 15) is 14.4 Å². The van der Waals surface area contributed by atoms with Crippen LogP contribution in [-0.4, -0.2) is 55.9 Å². The van der Waals surface area contributed by atoms with E-state index < -0.39 is 17.5 Å². The molecule has 1 fully saturated rings. The molecular weight excluding hydrogens is 406 g/mol. The SMILES string of the molecule is CCN(CC)C(=O)c1cccc(NC(=O)[C@H]2CC(=O)N(C(C)(C)C)[C@H]2c2cnn(C)c2)c1. The molecule has 0 saturated carbocycles. The normalized spacial score (nSPS) is 18.7. The fraction of sp³-hybridized carbons (Fsp3) is 0.500. The molecule has 1 N–H and O–H groups in total. The molecule has 1 aromatic carbocycles. The van der Waals surface area contributed by atoms with E-state index in [0.717, 1.165) is 5.56 Å². The second-order valence-corrected chi connectivity index (χ2v) is 9.18. The third-order valence-electron chi connectivity index (χ3n) is 5.88. The minimum absolute atomic E-state index is 0.0584. The Morgan fingerprint density at radius 2 is 1.91 bits per heavy atom. The zero-order valence-corrected chi connectivity index (χ0v) is 19.8. The topological polar surface area (TPSA) is 87.5 Å². The van der Waals surface area contributed by atoms with Gasteiger partial charge in [-0.25, -0.2) is 0 Å². The number of aryl methyl sites for hydroxylation is 1. The summed E-state index contributed by atoms with van der Waals surface area (Å²) < 4.78 is 1.68. The molecule has 1 aromatic heterocycles. The summed E-state index contributed by atoms with van der Waals surface area (Å²) in [6, 6.07) is 6.54. The van der Waals surface area contributed by atoms with E-state index in [1.54, 1.807) is 44.9 Å². The molecule has 0 radical (unpaired) electrons. The number of carbonyl (C=O) groups excluding carboxylic acids is 3. The van der Waals surface area contributed by atoms with Gasteiger partial charge in [0.2, 0.25) is 11.8 Å². The monoisotopic (exact) mass is 439 g/mol. The second kappa shape index (κ2) is 9.14. The molecule has 8 nitrogen and oxygen atoms in total. The van der Waals surface area contributed by atoms with Gasteiger partial charge >= 0.3 is 0 Å². The van der Waals surface area contributed by atoms with Crippen molar-refractivity contribution in [3.05, 3.63) is 47.8 Å². The van der Waals surface area contributed by atoms with Gasteiger partial charge in [0.15, 0.2) is 0 Å². The highest BCUT2D eigenvalue weighted by molar-refractivity contribution is 6.00. The first kappa shape index (κ1) is 23.5. The number of aromatic nitrogens is 2. The third kappa shape index (κ3) is 4.69. The molecule has 0 aliphatic carbocycles. The molecule has 8 heteroatoms. The van der Waals surface area contributed by atoms with Crippen LogP contribution in [-0.2, 0) is 16.6 Å². The van der Waals surface area contributed by atoms with Gasteiger partial charge in [0, 0.05) is 55.1 Å². The highest BCUT2D eigenvalue weighted by atomic mass is 16.2. The van der Waals surface area contributed by atoms with E-state index in [4.69, 9.17) is 0 Å². The number of hydrogen-bond acceptors (Lipinski definition) is 4. The maximum absolute atomic E-state index is 13.3. The maximum Gasteiger partial charge on any atom is 0.253 e. The number of anilines is 1. The van der Waals surface area contributed by atoms with E-state index in [1.165, 1.54) is 0 Å². The lowest BCUT2D eigenvalue weighted by molar-refractivity contribution is -0.133. The lowest BCUT2D eigenvalue weighted by atomic mass is 9.92. The third-order valence-corrected chi connectivity index (χ3v) is 5.88. The van der Waals surface area contributed by atoms with Gasteiger partial charge < -0.3 is 15.1 Å². The van der Waals surface area contributed by atoms with Gasteiger partial charge in [0.05, 0.1) is 18.2 Å². The Hall–Kier alpha value is -3.16. The molecule has 0 bridgehead atoms.